The summed E-state index contributed by atoms with van der Waals surface area (Å²) in [6, 6.07) is 0. The molecule has 1 unspecified atom stereocenters. The zero-order valence-electron chi connectivity index (χ0n) is 7.14. The summed E-state index contributed by atoms with van der Waals surface area (Å²) < 4.78 is 0. The van der Waals surface area contributed by atoms with E-state index in [1.807, 2.05) is 0 Å². The lowest BCUT2D eigenvalue weighted by atomic mass is 10.1. The molecule has 2 N–H and O–H groups in total. The van der Waals surface area contributed by atoms with Gasteiger partial charge >= 0.3 is 0 Å². The summed E-state index contributed by atoms with van der Waals surface area (Å²) in [5, 5.41) is 0. The molecule has 0 saturated carbocycles. The molecular weight excluding hydrogens is 136 g/mol. The lowest BCUT2D eigenvalue weighted by molar-refractivity contribution is 0.396. The third-order valence-corrected chi connectivity index (χ3v) is 2.28. The summed E-state index contributed by atoms with van der Waals surface area (Å²) in [6.07, 6.45) is 0.989. The molecule has 0 amide bonds. The first-order valence-corrected chi connectivity index (χ1v) is 4.02. The number of hydrogen-bond donors (Lipinski definition) is 1. The molecule has 0 bridgehead atoms. The molecule has 0 aromatic rings. The van der Waals surface area contributed by atoms with Crippen molar-refractivity contribution in [1.82, 2.24) is 4.90 Å². The highest BCUT2D eigenvalue weighted by Crippen LogP contribution is 2.27. The van der Waals surface area contributed by atoms with Crippen molar-refractivity contribution in [2.45, 2.75) is 13.3 Å². The zero-order chi connectivity index (χ0) is 8.43. The van der Waals surface area contributed by atoms with Gasteiger partial charge in [0.05, 0.1) is 0 Å². The van der Waals surface area contributed by atoms with Gasteiger partial charge in [0.25, 0.3) is 0 Å². The summed E-state index contributed by atoms with van der Waals surface area (Å²) in [6.45, 7) is 11.9. The highest BCUT2D eigenvalue weighted by Gasteiger charge is 2.24. The van der Waals surface area contributed by atoms with Crippen molar-refractivity contribution in [1.29, 1.82) is 0 Å². The molecule has 1 aliphatic heterocycles. The molecule has 0 radical (unpaired) electrons. The Morgan fingerprint density at radius 3 is 2.73 bits per heavy atom. The second-order valence-corrected chi connectivity index (χ2v) is 3.08. The molecule has 2 nitrogen and oxygen atoms in total. The van der Waals surface area contributed by atoms with Crippen LogP contribution in [-0.4, -0.2) is 18.0 Å². The van der Waals surface area contributed by atoms with Gasteiger partial charge in [0.1, 0.15) is 0 Å². The van der Waals surface area contributed by atoms with Crippen LogP contribution in [0.3, 0.4) is 0 Å². The first-order valence-electron chi connectivity index (χ1n) is 4.02. The van der Waals surface area contributed by atoms with Crippen LogP contribution in [-0.2, 0) is 0 Å². The summed E-state index contributed by atoms with van der Waals surface area (Å²) in [5.41, 5.74) is 7.61. The van der Waals surface area contributed by atoms with E-state index in [1.165, 1.54) is 5.70 Å². The summed E-state index contributed by atoms with van der Waals surface area (Å²) in [4.78, 5) is 2.25. The van der Waals surface area contributed by atoms with Gasteiger partial charge in [-0.15, -0.1) is 0 Å². The van der Waals surface area contributed by atoms with Crippen LogP contribution < -0.4 is 5.73 Å². The van der Waals surface area contributed by atoms with Gasteiger partial charge < -0.3 is 10.6 Å². The fourth-order valence-electron chi connectivity index (χ4n) is 1.47. The maximum atomic E-state index is 5.61. The lowest BCUT2D eigenvalue weighted by Gasteiger charge is -2.16. The first-order chi connectivity index (χ1) is 5.15. The van der Waals surface area contributed by atoms with E-state index in [1.54, 1.807) is 0 Å². The smallest absolute Gasteiger partial charge is 0.0261 e. The Hall–Kier alpha value is -0.920. The van der Waals surface area contributed by atoms with Gasteiger partial charge in [0.2, 0.25) is 0 Å². The number of hydrogen-bond acceptors (Lipinski definition) is 2. The second-order valence-electron chi connectivity index (χ2n) is 3.08. The van der Waals surface area contributed by atoms with Crippen molar-refractivity contribution in [3.05, 3.63) is 24.6 Å². The van der Waals surface area contributed by atoms with Crippen molar-refractivity contribution in [3.8, 4) is 0 Å². The SMILES string of the molecule is C=C(N)C1CC(=C)N(CC)C1. The zero-order valence-corrected chi connectivity index (χ0v) is 7.14. The van der Waals surface area contributed by atoms with Crippen molar-refractivity contribution in [3.63, 3.8) is 0 Å². The van der Waals surface area contributed by atoms with Crippen molar-refractivity contribution in [2.75, 3.05) is 13.1 Å². The largest absolute Gasteiger partial charge is 0.402 e. The molecule has 0 aliphatic carbocycles. The molecule has 1 atom stereocenters. The number of allylic oxidation sites excluding steroid dienone is 1. The molecule has 2 heteroatoms. The lowest BCUT2D eigenvalue weighted by Crippen LogP contribution is -2.20. The van der Waals surface area contributed by atoms with Crippen LogP contribution >= 0.6 is 0 Å². The van der Waals surface area contributed by atoms with E-state index in [9.17, 15) is 0 Å². The minimum absolute atomic E-state index is 0.433. The third kappa shape index (κ3) is 1.56. The molecular formula is C9H16N2. The van der Waals surface area contributed by atoms with E-state index in [-0.39, 0.29) is 0 Å². The monoisotopic (exact) mass is 152 g/mol. The van der Waals surface area contributed by atoms with Gasteiger partial charge in [-0.3, -0.25) is 0 Å². The quantitative estimate of drug-likeness (QED) is 0.646. The average molecular weight is 152 g/mol. The molecule has 0 aromatic heterocycles. The van der Waals surface area contributed by atoms with E-state index in [0.717, 1.165) is 25.2 Å². The maximum Gasteiger partial charge on any atom is 0.0261 e. The van der Waals surface area contributed by atoms with Crippen LogP contribution in [0.25, 0.3) is 0 Å². The molecule has 1 aliphatic rings. The summed E-state index contributed by atoms with van der Waals surface area (Å²) in [7, 11) is 0. The van der Waals surface area contributed by atoms with Crippen molar-refractivity contribution < 1.29 is 0 Å². The molecule has 62 valence electrons. The van der Waals surface area contributed by atoms with E-state index in [0.29, 0.717) is 5.92 Å². The normalized spacial score (nSPS) is 24.3. The van der Waals surface area contributed by atoms with E-state index in [4.69, 9.17) is 5.73 Å². The Kier molecular flexibility index (Phi) is 2.22. The van der Waals surface area contributed by atoms with Gasteiger partial charge in [0, 0.05) is 30.4 Å². The van der Waals surface area contributed by atoms with Gasteiger partial charge in [-0.05, 0) is 13.3 Å². The topological polar surface area (TPSA) is 29.3 Å². The molecule has 11 heavy (non-hydrogen) atoms. The van der Waals surface area contributed by atoms with Gasteiger partial charge in [-0.25, -0.2) is 0 Å². The standard InChI is InChI=1S/C9H16N2/c1-4-11-6-9(8(3)10)5-7(11)2/h9H,2-6,10H2,1H3. The fourth-order valence-corrected chi connectivity index (χ4v) is 1.47. The number of nitrogens with two attached hydrogens (primary N) is 1. The van der Waals surface area contributed by atoms with Crippen LogP contribution in [0.2, 0.25) is 0 Å². The minimum atomic E-state index is 0.433. The molecule has 1 saturated heterocycles. The predicted octanol–water partition coefficient (Wildman–Crippen LogP) is 1.31. The van der Waals surface area contributed by atoms with E-state index >= 15 is 0 Å². The van der Waals surface area contributed by atoms with Crippen molar-refractivity contribution in [2.24, 2.45) is 11.7 Å². The number of rotatable bonds is 2. The van der Waals surface area contributed by atoms with Crippen LogP contribution in [0.5, 0.6) is 0 Å². The van der Waals surface area contributed by atoms with Gasteiger partial charge in [-0.2, -0.15) is 0 Å². The second kappa shape index (κ2) is 2.99. The first kappa shape index (κ1) is 8.18. The van der Waals surface area contributed by atoms with Gasteiger partial charge in [-0.1, -0.05) is 13.2 Å². The van der Waals surface area contributed by atoms with Crippen LogP contribution in [0.15, 0.2) is 24.6 Å². The number of nitrogens with zero attached hydrogens (tertiary/aromatic N) is 1. The van der Waals surface area contributed by atoms with E-state index < -0.39 is 0 Å². The van der Waals surface area contributed by atoms with Crippen LogP contribution in [0.1, 0.15) is 13.3 Å². The van der Waals surface area contributed by atoms with Crippen LogP contribution in [0.4, 0.5) is 0 Å². The molecule has 1 heterocycles. The molecule has 1 rings (SSSR count). The Morgan fingerprint density at radius 1 is 1.82 bits per heavy atom. The van der Waals surface area contributed by atoms with E-state index in [2.05, 4.69) is 25.0 Å². The highest BCUT2D eigenvalue weighted by atomic mass is 15.2. The fraction of sp³-hybridized carbons (Fsp3) is 0.556. The Bertz CT molecular complexity index is 184. The summed E-state index contributed by atoms with van der Waals surface area (Å²) >= 11 is 0. The van der Waals surface area contributed by atoms with Crippen molar-refractivity contribution >= 4 is 0 Å². The molecule has 0 aromatic carbocycles. The maximum absolute atomic E-state index is 5.61. The highest BCUT2D eigenvalue weighted by molar-refractivity contribution is 5.11. The number of likely N-dealkylation sites (tertiary alicyclic amines) is 1. The Balaban J connectivity index is 2.56. The molecule has 1 fully saturated rings. The van der Waals surface area contributed by atoms with Gasteiger partial charge in [0.15, 0.2) is 0 Å². The molecule has 0 spiro atoms. The Labute approximate surface area is 68.4 Å². The average Bonchev–Trinajstić information content (AvgIpc) is 2.31. The minimum Gasteiger partial charge on any atom is -0.402 e. The predicted molar refractivity (Wildman–Crippen MR) is 47.8 cm³/mol. The summed E-state index contributed by atoms with van der Waals surface area (Å²) in [5.74, 6) is 0.433. The Morgan fingerprint density at radius 2 is 2.45 bits per heavy atom. The third-order valence-electron chi connectivity index (χ3n) is 2.28. The van der Waals surface area contributed by atoms with Crippen LogP contribution in [0, 0.1) is 5.92 Å².